The average molecular weight is 366 g/mol. The molecule has 0 saturated carbocycles. The zero-order valence-corrected chi connectivity index (χ0v) is 16.3. The first kappa shape index (κ1) is 18.9. The van der Waals surface area contributed by atoms with E-state index in [1.807, 2.05) is 56.9 Å². The monoisotopic (exact) mass is 366 g/mol. The third-order valence-electron chi connectivity index (χ3n) is 4.24. The van der Waals surface area contributed by atoms with E-state index in [0.29, 0.717) is 6.54 Å². The van der Waals surface area contributed by atoms with Crippen LogP contribution in [0.15, 0.2) is 48.9 Å². The van der Waals surface area contributed by atoms with Gasteiger partial charge < -0.3 is 15.0 Å². The highest BCUT2D eigenvalue weighted by Gasteiger charge is 2.24. The molecule has 1 aliphatic heterocycles. The number of urea groups is 1. The smallest absolute Gasteiger partial charge is 0.322 e. The Balaban J connectivity index is 1.62. The van der Waals surface area contributed by atoms with Crippen molar-refractivity contribution < 1.29 is 9.53 Å². The van der Waals surface area contributed by atoms with Gasteiger partial charge in [-0.2, -0.15) is 0 Å². The van der Waals surface area contributed by atoms with Crippen molar-refractivity contribution in [2.45, 2.75) is 45.8 Å². The van der Waals surface area contributed by atoms with E-state index >= 15 is 0 Å². The number of carbonyl (C=O) groups excluding carboxylic acids is 1. The molecule has 1 aliphatic rings. The summed E-state index contributed by atoms with van der Waals surface area (Å²) in [5, 5.41) is 2.96. The second-order valence-corrected chi connectivity index (χ2v) is 7.64. The maximum absolute atomic E-state index is 12.7. The number of hydrogen-bond acceptors (Lipinski definition) is 4. The van der Waals surface area contributed by atoms with Crippen LogP contribution in [0.1, 0.15) is 39.8 Å². The van der Waals surface area contributed by atoms with E-state index in [4.69, 9.17) is 4.74 Å². The fraction of sp³-hybridized carbons (Fsp3) is 0.381. The average Bonchev–Trinajstić information content (AvgIpc) is 2.62. The molecule has 1 aromatic heterocycles. The molecule has 0 bridgehead atoms. The van der Waals surface area contributed by atoms with Gasteiger partial charge in [-0.3, -0.25) is 9.97 Å². The van der Waals surface area contributed by atoms with E-state index in [2.05, 4.69) is 21.4 Å². The summed E-state index contributed by atoms with van der Waals surface area (Å²) in [5.74, 6) is 0.781. The van der Waals surface area contributed by atoms with Crippen molar-refractivity contribution in [3.8, 4) is 5.75 Å². The van der Waals surface area contributed by atoms with Crippen molar-refractivity contribution in [2.75, 3.05) is 11.9 Å². The van der Waals surface area contributed by atoms with Crippen molar-refractivity contribution in [1.82, 2.24) is 14.9 Å². The summed E-state index contributed by atoms with van der Waals surface area (Å²) >= 11 is 0. The van der Waals surface area contributed by atoms with Gasteiger partial charge in [-0.15, -0.1) is 0 Å². The van der Waals surface area contributed by atoms with Gasteiger partial charge in [0.25, 0.3) is 0 Å². The van der Waals surface area contributed by atoms with Crippen LogP contribution < -0.4 is 10.1 Å². The van der Waals surface area contributed by atoms with Crippen LogP contribution in [0.4, 0.5) is 10.5 Å². The van der Waals surface area contributed by atoms with Crippen LogP contribution >= 0.6 is 0 Å². The Morgan fingerprint density at radius 2 is 1.96 bits per heavy atom. The molecule has 0 fully saturated rings. The first-order chi connectivity index (χ1) is 12.8. The molecule has 1 aromatic carbocycles. The van der Waals surface area contributed by atoms with Gasteiger partial charge >= 0.3 is 6.03 Å². The van der Waals surface area contributed by atoms with Gasteiger partial charge in [0.15, 0.2) is 0 Å². The fourth-order valence-electron chi connectivity index (χ4n) is 3.03. The van der Waals surface area contributed by atoms with E-state index in [0.717, 1.165) is 29.1 Å². The number of ether oxygens (including phenoxy) is 1. The largest absolute Gasteiger partial charge is 0.488 e. The summed E-state index contributed by atoms with van der Waals surface area (Å²) in [4.78, 5) is 22.9. The van der Waals surface area contributed by atoms with Crippen LogP contribution in [0.2, 0.25) is 0 Å². The topological polar surface area (TPSA) is 67.4 Å². The minimum atomic E-state index is -0.249. The Kier molecular flexibility index (Phi) is 5.44. The molecule has 1 atom stereocenters. The molecule has 3 rings (SSSR count). The van der Waals surface area contributed by atoms with Gasteiger partial charge in [0.2, 0.25) is 0 Å². The summed E-state index contributed by atoms with van der Waals surface area (Å²) in [7, 11) is 0. The first-order valence-electron chi connectivity index (χ1n) is 9.15. The minimum absolute atomic E-state index is 0.0146. The number of carbonyl (C=O) groups is 1. The Bertz CT molecular complexity index is 810. The maximum Gasteiger partial charge on any atom is 0.322 e. The molecule has 2 amide bonds. The van der Waals surface area contributed by atoms with Gasteiger partial charge in [-0.25, -0.2) is 4.79 Å². The summed E-state index contributed by atoms with van der Waals surface area (Å²) in [6.45, 7) is 8.66. The van der Waals surface area contributed by atoms with Gasteiger partial charge in [0, 0.05) is 30.7 Å². The SMILES string of the molecule is C[C@@H]1C=C(c2cnccn2)CCN1C(=O)Nc1ccc(OC(C)(C)C)cc1. The van der Waals surface area contributed by atoms with Crippen molar-refractivity contribution in [3.05, 3.63) is 54.6 Å². The van der Waals surface area contributed by atoms with Crippen LogP contribution in [-0.4, -0.2) is 39.1 Å². The van der Waals surface area contributed by atoms with Crippen LogP contribution in [0.5, 0.6) is 5.75 Å². The van der Waals surface area contributed by atoms with Gasteiger partial charge in [0.05, 0.1) is 11.9 Å². The lowest BCUT2D eigenvalue weighted by molar-refractivity contribution is 0.131. The molecule has 2 heterocycles. The summed E-state index contributed by atoms with van der Waals surface area (Å²) in [5.41, 5.74) is 2.50. The van der Waals surface area contributed by atoms with E-state index in [1.54, 1.807) is 18.6 Å². The zero-order valence-electron chi connectivity index (χ0n) is 16.3. The minimum Gasteiger partial charge on any atom is -0.488 e. The van der Waals surface area contributed by atoms with Crippen LogP contribution in [0.25, 0.3) is 5.57 Å². The molecule has 27 heavy (non-hydrogen) atoms. The molecule has 2 aromatic rings. The number of nitrogens with one attached hydrogen (secondary N) is 1. The number of aromatic nitrogens is 2. The van der Waals surface area contributed by atoms with Gasteiger partial charge in [-0.05, 0) is 64.0 Å². The number of nitrogens with zero attached hydrogens (tertiary/aromatic N) is 3. The third kappa shape index (κ3) is 5.06. The first-order valence-corrected chi connectivity index (χ1v) is 9.15. The van der Waals surface area contributed by atoms with Gasteiger partial charge in [-0.1, -0.05) is 6.08 Å². The van der Waals surface area contributed by atoms with E-state index in [9.17, 15) is 4.79 Å². The van der Waals surface area contributed by atoms with E-state index in [1.165, 1.54) is 0 Å². The van der Waals surface area contributed by atoms with Crippen molar-refractivity contribution in [3.63, 3.8) is 0 Å². The number of anilines is 1. The van der Waals surface area contributed by atoms with Crippen LogP contribution in [-0.2, 0) is 0 Å². The normalized spacial score (nSPS) is 17.3. The molecule has 1 N–H and O–H groups in total. The van der Waals surface area contributed by atoms with Gasteiger partial charge in [0.1, 0.15) is 11.4 Å². The molecule has 142 valence electrons. The van der Waals surface area contributed by atoms with Crippen LogP contribution in [0, 0.1) is 0 Å². The van der Waals surface area contributed by atoms with Crippen LogP contribution in [0.3, 0.4) is 0 Å². The standard InChI is InChI=1S/C21H26N4O2/c1-15-13-16(19-14-22-10-11-23-19)9-12-25(15)20(26)24-17-5-7-18(8-6-17)27-21(2,3)4/h5-8,10-11,13-15H,9,12H2,1-4H3,(H,24,26)/t15-/m1/s1. The zero-order chi connectivity index (χ0) is 19.4. The second kappa shape index (κ2) is 7.78. The second-order valence-electron chi connectivity index (χ2n) is 7.64. The Morgan fingerprint density at radius 1 is 1.22 bits per heavy atom. The lowest BCUT2D eigenvalue weighted by Crippen LogP contribution is -2.43. The lowest BCUT2D eigenvalue weighted by Gasteiger charge is -2.32. The number of rotatable bonds is 3. The quantitative estimate of drug-likeness (QED) is 0.876. The molecule has 0 saturated heterocycles. The van der Waals surface area contributed by atoms with Crippen molar-refractivity contribution in [1.29, 1.82) is 0 Å². The number of hydrogen-bond donors (Lipinski definition) is 1. The Hall–Kier alpha value is -2.89. The molecular formula is C21H26N4O2. The summed E-state index contributed by atoms with van der Waals surface area (Å²) < 4.78 is 5.81. The van der Waals surface area contributed by atoms with E-state index in [-0.39, 0.29) is 17.7 Å². The molecule has 6 heteroatoms. The predicted octanol–water partition coefficient (Wildman–Crippen LogP) is 4.36. The number of benzene rings is 1. The molecule has 0 radical (unpaired) electrons. The lowest BCUT2D eigenvalue weighted by atomic mass is 10.0. The maximum atomic E-state index is 12.7. The molecule has 0 aliphatic carbocycles. The van der Waals surface area contributed by atoms with E-state index < -0.39 is 0 Å². The summed E-state index contributed by atoms with van der Waals surface area (Å²) in [6, 6.07) is 7.32. The molecule has 6 nitrogen and oxygen atoms in total. The molecular weight excluding hydrogens is 340 g/mol. The third-order valence-corrected chi connectivity index (χ3v) is 4.24. The highest BCUT2D eigenvalue weighted by Crippen LogP contribution is 2.25. The fourth-order valence-corrected chi connectivity index (χ4v) is 3.03. The summed E-state index contributed by atoms with van der Waals surface area (Å²) in [6.07, 6.45) is 7.94. The highest BCUT2D eigenvalue weighted by molar-refractivity contribution is 5.90. The predicted molar refractivity (Wildman–Crippen MR) is 107 cm³/mol. The Labute approximate surface area is 160 Å². The van der Waals surface area contributed by atoms with Crippen molar-refractivity contribution >= 4 is 17.3 Å². The molecule has 0 spiro atoms. The number of amides is 2. The highest BCUT2D eigenvalue weighted by atomic mass is 16.5. The Morgan fingerprint density at radius 3 is 2.56 bits per heavy atom. The molecule has 0 unspecified atom stereocenters. The van der Waals surface area contributed by atoms with Crippen molar-refractivity contribution in [2.24, 2.45) is 0 Å².